The van der Waals surface area contributed by atoms with Gasteiger partial charge in [-0.15, -0.1) is 0 Å². The van der Waals surface area contributed by atoms with Crippen LogP contribution in [0.1, 0.15) is 22.8 Å². The molecular weight excluding hydrogens is 406 g/mol. The van der Waals surface area contributed by atoms with E-state index in [2.05, 4.69) is 0 Å². The van der Waals surface area contributed by atoms with Gasteiger partial charge >= 0.3 is 23.7 Å². The van der Waals surface area contributed by atoms with Crippen molar-refractivity contribution < 1.29 is 28.6 Å². The van der Waals surface area contributed by atoms with Crippen LogP contribution in [0.4, 0.5) is 0 Å². The van der Waals surface area contributed by atoms with Gasteiger partial charge in [-0.1, -0.05) is 46.4 Å². The number of ether oxygens (including phenoxy) is 3. The maximum absolute atomic E-state index is 12.3. The normalized spacial score (nSPS) is 21.5. The number of esters is 3. The third kappa shape index (κ3) is 2.21. The molecule has 1 atom stereocenters. The van der Waals surface area contributed by atoms with Crippen LogP contribution in [0.3, 0.4) is 0 Å². The summed E-state index contributed by atoms with van der Waals surface area (Å²) in [5, 5.41) is -0.793. The van der Waals surface area contributed by atoms with Gasteiger partial charge in [0.15, 0.2) is 0 Å². The second kappa shape index (κ2) is 5.81. The number of carbonyl (C=O) groups is 3. The second-order valence-electron chi connectivity index (χ2n) is 4.71. The monoisotopic (exact) mass is 410 g/mol. The van der Waals surface area contributed by atoms with Gasteiger partial charge in [0.1, 0.15) is 5.57 Å². The van der Waals surface area contributed by atoms with E-state index in [4.69, 9.17) is 60.6 Å². The molecule has 0 bridgehead atoms. The van der Waals surface area contributed by atoms with Crippen molar-refractivity contribution in [1.82, 2.24) is 0 Å². The molecule has 0 aromatic heterocycles. The first-order chi connectivity index (χ1) is 11.2. The molecule has 0 saturated carbocycles. The maximum Gasteiger partial charge on any atom is 0.344 e. The van der Waals surface area contributed by atoms with Crippen molar-refractivity contribution in [3.63, 3.8) is 0 Å². The summed E-state index contributed by atoms with van der Waals surface area (Å²) in [7, 11) is 0. The van der Waals surface area contributed by atoms with Crippen LogP contribution in [-0.4, -0.2) is 24.5 Å². The van der Waals surface area contributed by atoms with Gasteiger partial charge in [-0.3, -0.25) is 0 Å². The fraction of sp³-hybridized carbons (Fsp3) is 0.214. The average molecular weight is 412 g/mol. The zero-order chi connectivity index (χ0) is 17.8. The molecule has 10 heteroatoms. The van der Waals surface area contributed by atoms with E-state index in [1.165, 1.54) is 0 Å². The van der Waals surface area contributed by atoms with Crippen LogP contribution in [0.2, 0.25) is 20.1 Å². The van der Waals surface area contributed by atoms with Gasteiger partial charge in [-0.05, 0) is 6.92 Å². The molecule has 24 heavy (non-hydrogen) atoms. The summed E-state index contributed by atoms with van der Waals surface area (Å²) in [6.07, 6.45) is 0.854. The first kappa shape index (κ1) is 17.4. The minimum absolute atomic E-state index is 0.0249. The van der Waals surface area contributed by atoms with Gasteiger partial charge in [0.05, 0.1) is 37.8 Å². The summed E-state index contributed by atoms with van der Waals surface area (Å²) >= 11 is 24.2. The number of carbonyl (C=O) groups excluding carboxylic acids is 3. The molecule has 0 saturated heterocycles. The molecule has 2 aliphatic rings. The summed E-state index contributed by atoms with van der Waals surface area (Å²) < 4.78 is 15.1. The minimum atomic E-state index is -2.20. The van der Waals surface area contributed by atoms with Crippen LogP contribution in [0.5, 0.6) is 0 Å². The fourth-order valence-electron chi connectivity index (χ4n) is 2.47. The lowest BCUT2D eigenvalue weighted by atomic mass is 9.96. The number of rotatable bonds is 2. The Bertz CT molecular complexity index is 846. The predicted molar refractivity (Wildman–Crippen MR) is 84.4 cm³/mol. The van der Waals surface area contributed by atoms with Crippen molar-refractivity contribution in [2.24, 2.45) is 0 Å². The highest BCUT2D eigenvalue weighted by molar-refractivity contribution is 6.53. The van der Waals surface area contributed by atoms with E-state index in [-0.39, 0.29) is 43.4 Å². The van der Waals surface area contributed by atoms with Crippen molar-refractivity contribution in [3.8, 4) is 0 Å². The number of hydrogen-bond acceptors (Lipinski definition) is 6. The van der Waals surface area contributed by atoms with Crippen LogP contribution in [0.15, 0.2) is 11.6 Å². The third-order valence-corrected chi connectivity index (χ3v) is 5.20. The highest BCUT2D eigenvalue weighted by Crippen LogP contribution is 2.54. The molecule has 1 aromatic carbocycles. The Kier molecular flexibility index (Phi) is 4.20. The Morgan fingerprint density at radius 3 is 2.33 bits per heavy atom. The molecule has 0 N–H and O–H groups in total. The van der Waals surface area contributed by atoms with Gasteiger partial charge in [0, 0.05) is 6.08 Å². The third-order valence-electron chi connectivity index (χ3n) is 3.39. The fourth-order valence-corrected chi connectivity index (χ4v) is 3.52. The van der Waals surface area contributed by atoms with Crippen molar-refractivity contribution >= 4 is 64.3 Å². The lowest BCUT2D eigenvalue weighted by molar-refractivity contribution is -0.184. The topological polar surface area (TPSA) is 78.9 Å². The smallest absolute Gasteiger partial charge is 0.344 e. The Morgan fingerprint density at radius 2 is 1.71 bits per heavy atom. The van der Waals surface area contributed by atoms with Crippen molar-refractivity contribution in [3.05, 3.63) is 42.9 Å². The molecule has 2 aliphatic heterocycles. The van der Waals surface area contributed by atoms with Crippen LogP contribution in [0.25, 0.3) is 0 Å². The first-order valence-corrected chi connectivity index (χ1v) is 7.97. The zero-order valence-electron chi connectivity index (χ0n) is 11.7. The van der Waals surface area contributed by atoms with Crippen molar-refractivity contribution in [1.29, 1.82) is 0 Å². The molecule has 1 unspecified atom stereocenters. The number of benzene rings is 1. The number of hydrogen-bond donors (Lipinski definition) is 0. The van der Waals surface area contributed by atoms with E-state index in [1.807, 2.05) is 0 Å². The van der Waals surface area contributed by atoms with Crippen molar-refractivity contribution in [2.45, 2.75) is 12.7 Å². The second-order valence-corrected chi connectivity index (χ2v) is 6.22. The number of fused-ring (bicyclic) bond motifs is 2. The lowest BCUT2D eigenvalue weighted by Gasteiger charge is -2.25. The Labute approximate surface area is 155 Å². The molecule has 126 valence electrons. The molecule has 2 heterocycles. The maximum atomic E-state index is 12.3. The van der Waals surface area contributed by atoms with Crippen LogP contribution in [-0.2, 0) is 29.6 Å². The molecule has 0 aliphatic carbocycles. The summed E-state index contributed by atoms with van der Waals surface area (Å²) in [6, 6.07) is 0. The van der Waals surface area contributed by atoms with Crippen LogP contribution in [0, 0.1) is 0 Å². The first-order valence-electron chi connectivity index (χ1n) is 6.46. The molecule has 1 spiro atoms. The minimum Gasteiger partial charge on any atom is -0.462 e. The lowest BCUT2D eigenvalue weighted by Crippen LogP contribution is -2.33. The Hall–Kier alpha value is -1.47. The van der Waals surface area contributed by atoms with Crippen LogP contribution < -0.4 is 0 Å². The predicted octanol–water partition coefficient (Wildman–Crippen LogP) is 3.67. The van der Waals surface area contributed by atoms with Gasteiger partial charge in [0.2, 0.25) is 0 Å². The van der Waals surface area contributed by atoms with Crippen LogP contribution >= 0.6 is 46.4 Å². The van der Waals surface area contributed by atoms with Gasteiger partial charge < -0.3 is 14.2 Å². The summed E-state index contributed by atoms with van der Waals surface area (Å²) in [5.41, 5.74) is -0.752. The van der Waals surface area contributed by atoms with Gasteiger partial charge in [0.25, 0.3) is 0 Å². The molecule has 0 amide bonds. The van der Waals surface area contributed by atoms with Crippen molar-refractivity contribution in [2.75, 3.05) is 6.61 Å². The summed E-state index contributed by atoms with van der Waals surface area (Å²) in [4.78, 5) is 36.2. The van der Waals surface area contributed by atoms with Gasteiger partial charge in [-0.25, -0.2) is 14.4 Å². The van der Waals surface area contributed by atoms with Gasteiger partial charge in [-0.2, -0.15) is 0 Å². The number of halogens is 4. The zero-order valence-corrected chi connectivity index (χ0v) is 14.8. The average Bonchev–Trinajstić information content (AvgIpc) is 3.00. The quantitative estimate of drug-likeness (QED) is 0.419. The highest BCUT2D eigenvalue weighted by atomic mass is 35.5. The summed E-state index contributed by atoms with van der Waals surface area (Å²) in [5.74, 6) is -5.01. The molecule has 6 nitrogen and oxygen atoms in total. The van der Waals surface area contributed by atoms with E-state index in [0.717, 1.165) is 6.08 Å². The highest BCUT2D eigenvalue weighted by Gasteiger charge is 2.60. The Balaban J connectivity index is 2.31. The van der Waals surface area contributed by atoms with E-state index < -0.39 is 23.7 Å². The molecule has 1 aromatic rings. The molecule has 3 rings (SSSR count). The molecule has 0 fully saturated rings. The van der Waals surface area contributed by atoms with E-state index in [1.54, 1.807) is 6.92 Å². The van der Waals surface area contributed by atoms with E-state index >= 15 is 0 Å². The SMILES string of the molecule is CCOC(=O)C1=CC(=O)OC12OC(=O)c1c(Cl)c(Cl)c(Cl)c(Cl)c12. The Morgan fingerprint density at radius 1 is 1.08 bits per heavy atom. The molecule has 0 radical (unpaired) electrons. The summed E-state index contributed by atoms with van der Waals surface area (Å²) in [6.45, 7) is 1.59. The van der Waals surface area contributed by atoms with E-state index in [0.29, 0.717) is 0 Å². The largest absolute Gasteiger partial charge is 0.462 e. The molecular formula is C14H6Cl4O6. The standard InChI is InChI=1S/C14H6Cl4O6/c1-2-22-12(20)4-3-5(19)23-14(4)7-6(13(21)24-14)8(15)10(17)11(18)9(7)16/h3H,2H2,1H3. The van der Waals surface area contributed by atoms with E-state index in [9.17, 15) is 14.4 Å².